The Morgan fingerprint density at radius 2 is 2.04 bits per heavy atom. The predicted molar refractivity (Wildman–Crippen MR) is 88.9 cm³/mol. The van der Waals surface area contributed by atoms with Gasteiger partial charge in [0.25, 0.3) is 17.2 Å². The summed E-state index contributed by atoms with van der Waals surface area (Å²) in [6, 6.07) is 5.08. The zero-order valence-electron chi connectivity index (χ0n) is 13.7. The molecule has 26 heavy (non-hydrogen) atoms. The summed E-state index contributed by atoms with van der Waals surface area (Å²) in [7, 11) is 0. The van der Waals surface area contributed by atoms with E-state index >= 15 is 0 Å². The molecule has 1 aromatic heterocycles. The third-order valence-electron chi connectivity index (χ3n) is 3.57. The summed E-state index contributed by atoms with van der Waals surface area (Å²) >= 11 is 0. The van der Waals surface area contributed by atoms with Crippen LogP contribution in [-0.4, -0.2) is 21.3 Å². The largest absolute Gasteiger partial charge is 0.365 e. The van der Waals surface area contributed by atoms with Crippen LogP contribution < -0.4 is 16.6 Å². The van der Waals surface area contributed by atoms with Crippen molar-refractivity contribution in [1.29, 1.82) is 0 Å². The molecule has 136 valence electrons. The number of nitrogens with one attached hydrogen (secondary N) is 1. The number of amides is 2. The van der Waals surface area contributed by atoms with Crippen molar-refractivity contribution in [1.82, 2.24) is 9.88 Å². The van der Waals surface area contributed by atoms with Gasteiger partial charge in [-0.2, -0.15) is 0 Å². The fourth-order valence-corrected chi connectivity index (χ4v) is 2.24. The minimum Gasteiger partial charge on any atom is -0.365 e. The molecule has 0 unspecified atom stereocenters. The first-order chi connectivity index (χ1) is 12.2. The van der Waals surface area contributed by atoms with Crippen LogP contribution in [0, 0.1) is 22.9 Å². The normalized spacial score (nSPS) is 10.4. The Morgan fingerprint density at radius 1 is 1.35 bits per heavy atom. The van der Waals surface area contributed by atoms with Gasteiger partial charge in [0.15, 0.2) is 0 Å². The number of primary amides is 1. The summed E-state index contributed by atoms with van der Waals surface area (Å²) in [6.07, 6.45) is 0.858. The maximum Gasteiger partial charge on any atom is 0.286 e. The summed E-state index contributed by atoms with van der Waals surface area (Å²) in [4.78, 5) is 45.5. The monoisotopic (exact) mass is 362 g/mol. The molecule has 2 rings (SSSR count). The lowest BCUT2D eigenvalue weighted by atomic mass is 10.1. The molecule has 2 amide bonds. The number of carbonyl (C=O) groups is 2. The van der Waals surface area contributed by atoms with E-state index in [2.05, 4.69) is 5.32 Å². The molecule has 1 aromatic carbocycles. The van der Waals surface area contributed by atoms with Crippen LogP contribution >= 0.6 is 0 Å². The van der Waals surface area contributed by atoms with Crippen LogP contribution in [0.15, 0.2) is 35.3 Å². The van der Waals surface area contributed by atoms with Crippen molar-refractivity contribution in [3.8, 4) is 0 Å². The number of pyridine rings is 1. The Balaban J connectivity index is 2.17. The smallest absolute Gasteiger partial charge is 0.286 e. The van der Waals surface area contributed by atoms with Crippen molar-refractivity contribution in [3.63, 3.8) is 0 Å². The predicted octanol–water partition coefficient (Wildman–Crippen LogP) is 0.619. The van der Waals surface area contributed by atoms with E-state index in [-0.39, 0.29) is 12.4 Å². The lowest BCUT2D eigenvalue weighted by Gasteiger charge is -2.09. The second kappa shape index (κ2) is 7.55. The average molecular weight is 362 g/mol. The Kier molecular flexibility index (Phi) is 5.45. The van der Waals surface area contributed by atoms with E-state index in [1.54, 1.807) is 13.0 Å². The highest BCUT2D eigenvalue weighted by Crippen LogP contribution is 2.11. The SMILES string of the molecule is Cc1cc(CNC(=O)Cn2cc([N+](=O)[O-])cc(C(N)=O)c2=O)ccc1F. The van der Waals surface area contributed by atoms with Crippen molar-refractivity contribution in [2.45, 2.75) is 20.0 Å². The standard InChI is InChI=1S/C16H15FN4O5/c1-9-4-10(2-3-13(9)17)6-19-14(22)8-20-7-11(21(25)26)5-12(15(18)23)16(20)24/h2-5,7H,6,8H2,1H3,(H2,18,23)(H,19,22). The number of nitro groups is 1. The highest BCUT2D eigenvalue weighted by Gasteiger charge is 2.18. The topological polar surface area (TPSA) is 137 Å². The Hall–Kier alpha value is -3.56. The number of carbonyl (C=O) groups excluding carboxylic acids is 2. The molecule has 0 aliphatic heterocycles. The number of benzene rings is 1. The average Bonchev–Trinajstić information content (AvgIpc) is 2.57. The Labute approximate surface area is 146 Å². The first kappa shape index (κ1) is 18.8. The molecule has 0 fully saturated rings. The van der Waals surface area contributed by atoms with Gasteiger partial charge < -0.3 is 11.1 Å². The van der Waals surface area contributed by atoms with Crippen LogP contribution in [0.5, 0.6) is 0 Å². The number of hydrogen-bond donors (Lipinski definition) is 2. The highest BCUT2D eigenvalue weighted by atomic mass is 19.1. The van der Waals surface area contributed by atoms with E-state index in [1.807, 2.05) is 0 Å². The number of nitrogens with two attached hydrogens (primary N) is 1. The maximum atomic E-state index is 13.2. The van der Waals surface area contributed by atoms with Crippen LogP contribution in [0.4, 0.5) is 10.1 Å². The van der Waals surface area contributed by atoms with Crippen molar-refractivity contribution in [2.75, 3.05) is 0 Å². The quantitative estimate of drug-likeness (QED) is 0.573. The minimum absolute atomic E-state index is 0.0757. The molecule has 2 aromatic rings. The number of rotatable bonds is 6. The van der Waals surface area contributed by atoms with E-state index in [0.29, 0.717) is 11.1 Å². The zero-order valence-corrected chi connectivity index (χ0v) is 13.7. The first-order valence-electron chi connectivity index (χ1n) is 7.39. The lowest BCUT2D eigenvalue weighted by Crippen LogP contribution is -2.35. The minimum atomic E-state index is -1.13. The molecule has 9 nitrogen and oxygen atoms in total. The van der Waals surface area contributed by atoms with E-state index in [0.717, 1.165) is 16.8 Å². The number of aryl methyl sites for hydroxylation is 1. The van der Waals surface area contributed by atoms with Gasteiger partial charge in [0, 0.05) is 12.6 Å². The third-order valence-corrected chi connectivity index (χ3v) is 3.57. The molecule has 1 heterocycles. The molecule has 0 aliphatic rings. The summed E-state index contributed by atoms with van der Waals surface area (Å²) in [5.41, 5.74) is 4.06. The van der Waals surface area contributed by atoms with Gasteiger partial charge in [0.2, 0.25) is 5.91 Å². The molecular formula is C16H15FN4O5. The molecule has 0 spiro atoms. The van der Waals surface area contributed by atoms with Crippen molar-refractivity contribution < 1.29 is 18.9 Å². The zero-order chi connectivity index (χ0) is 19.4. The summed E-state index contributed by atoms with van der Waals surface area (Å²) in [5, 5.41) is 13.4. The lowest BCUT2D eigenvalue weighted by molar-refractivity contribution is -0.385. The summed E-state index contributed by atoms with van der Waals surface area (Å²) in [5.74, 6) is -2.12. The van der Waals surface area contributed by atoms with Gasteiger partial charge in [-0.15, -0.1) is 0 Å². The first-order valence-corrected chi connectivity index (χ1v) is 7.39. The van der Waals surface area contributed by atoms with Crippen LogP contribution in [0.1, 0.15) is 21.5 Å². The van der Waals surface area contributed by atoms with Crippen LogP contribution in [0.2, 0.25) is 0 Å². The van der Waals surface area contributed by atoms with Crippen molar-refractivity contribution >= 4 is 17.5 Å². The second-order valence-electron chi connectivity index (χ2n) is 5.53. The van der Waals surface area contributed by atoms with Gasteiger partial charge >= 0.3 is 0 Å². The van der Waals surface area contributed by atoms with E-state index in [1.165, 1.54) is 12.1 Å². The van der Waals surface area contributed by atoms with Crippen molar-refractivity contribution in [2.24, 2.45) is 5.73 Å². The van der Waals surface area contributed by atoms with Gasteiger partial charge in [-0.1, -0.05) is 12.1 Å². The Morgan fingerprint density at radius 3 is 2.62 bits per heavy atom. The molecule has 10 heteroatoms. The van der Waals surface area contributed by atoms with Gasteiger partial charge in [-0.3, -0.25) is 29.1 Å². The fourth-order valence-electron chi connectivity index (χ4n) is 2.24. The fraction of sp³-hybridized carbons (Fsp3) is 0.188. The number of hydrogen-bond acceptors (Lipinski definition) is 5. The van der Waals surface area contributed by atoms with Gasteiger partial charge in [0.05, 0.1) is 11.1 Å². The molecule has 0 aliphatic carbocycles. The highest BCUT2D eigenvalue weighted by molar-refractivity contribution is 5.93. The number of halogens is 1. The number of nitrogens with zero attached hydrogens (tertiary/aromatic N) is 2. The molecule has 0 saturated carbocycles. The molecular weight excluding hydrogens is 347 g/mol. The van der Waals surface area contributed by atoms with Gasteiger partial charge in [-0.25, -0.2) is 4.39 Å². The van der Waals surface area contributed by atoms with E-state index < -0.39 is 40.1 Å². The van der Waals surface area contributed by atoms with Crippen molar-refractivity contribution in [3.05, 3.63) is 73.4 Å². The molecule has 0 atom stereocenters. The molecule has 3 N–H and O–H groups in total. The van der Waals surface area contributed by atoms with Gasteiger partial charge in [0.1, 0.15) is 17.9 Å². The molecule has 0 saturated heterocycles. The van der Waals surface area contributed by atoms with Gasteiger partial charge in [-0.05, 0) is 24.1 Å². The summed E-state index contributed by atoms with van der Waals surface area (Å²) < 4.78 is 14.0. The Bertz CT molecular complexity index is 954. The molecule has 0 bridgehead atoms. The van der Waals surface area contributed by atoms with E-state index in [4.69, 9.17) is 5.73 Å². The van der Waals surface area contributed by atoms with Crippen LogP contribution in [0.3, 0.4) is 0 Å². The second-order valence-corrected chi connectivity index (χ2v) is 5.53. The molecule has 0 radical (unpaired) electrons. The number of aromatic nitrogens is 1. The van der Waals surface area contributed by atoms with E-state index in [9.17, 15) is 28.9 Å². The van der Waals surface area contributed by atoms with Crippen LogP contribution in [0.25, 0.3) is 0 Å². The third kappa shape index (κ3) is 4.29. The van der Waals surface area contributed by atoms with Crippen LogP contribution in [-0.2, 0) is 17.9 Å². The summed E-state index contributed by atoms with van der Waals surface area (Å²) in [6.45, 7) is 1.11. The maximum absolute atomic E-state index is 13.2.